The molecule has 1 aromatic rings. The number of rotatable bonds is 7. The number of aryl methyl sites for hydroxylation is 1. The first kappa shape index (κ1) is 15.2. The van der Waals surface area contributed by atoms with E-state index in [0.717, 1.165) is 0 Å². The number of hydrogen-bond donors (Lipinski definition) is 3. The summed E-state index contributed by atoms with van der Waals surface area (Å²) in [6.45, 7) is 6.08. The number of anilines is 2. The molecule has 106 valence electrons. The number of aromatic nitrogens is 2. The Kier molecular flexibility index (Phi) is 5.05. The molecule has 7 heteroatoms. The van der Waals surface area contributed by atoms with E-state index >= 15 is 0 Å². The number of nitrogens with one attached hydrogen (secondary N) is 2. The molecule has 1 rings (SSSR count). The molecular formula is C12H20N4O3. The van der Waals surface area contributed by atoms with Gasteiger partial charge in [-0.15, -0.1) is 0 Å². The molecule has 3 N–H and O–H groups in total. The standard InChI is InChI=1S/C12H20N4O3/c1-8-14-9(13-5-6-19-4)7-10(15-8)16-12(2,3)11(17)18/h7H,5-6H2,1-4H3,(H,17,18)(H2,13,14,15,16). The van der Waals surface area contributed by atoms with E-state index < -0.39 is 11.5 Å². The predicted octanol–water partition coefficient (Wildman–Crippen LogP) is 1.12. The van der Waals surface area contributed by atoms with Gasteiger partial charge in [-0.25, -0.2) is 14.8 Å². The lowest BCUT2D eigenvalue weighted by Crippen LogP contribution is -2.40. The Morgan fingerprint density at radius 1 is 1.42 bits per heavy atom. The Morgan fingerprint density at radius 3 is 2.63 bits per heavy atom. The van der Waals surface area contributed by atoms with E-state index in [2.05, 4.69) is 20.6 Å². The molecule has 0 spiro atoms. The second-order valence-electron chi connectivity index (χ2n) is 4.66. The normalized spacial score (nSPS) is 11.2. The molecule has 0 unspecified atom stereocenters. The molecule has 0 bridgehead atoms. The molecule has 0 fully saturated rings. The molecule has 0 aliphatic heterocycles. The number of carboxylic acids is 1. The van der Waals surface area contributed by atoms with Crippen LogP contribution >= 0.6 is 0 Å². The number of carboxylic acid groups (broad SMARTS) is 1. The van der Waals surface area contributed by atoms with Crippen LogP contribution in [0.3, 0.4) is 0 Å². The maximum atomic E-state index is 11.1. The van der Waals surface area contributed by atoms with Crippen molar-refractivity contribution in [3.05, 3.63) is 11.9 Å². The summed E-state index contributed by atoms with van der Waals surface area (Å²) in [6.07, 6.45) is 0. The van der Waals surface area contributed by atoms with Crippen LogP contribution in [0.2, 0.25) is 0 Å². The van der Waals surface area contributed by atoms with Crippen molar-refractivity contribution >= 4 is 17.6 Å². The highest BCUT2D eigenvalue weighted by Gasteiger charge is 2.27. The van der Waals surface area contributed by atoms with Crippen LogP contribution in [0.5, 0.6) is 0 Å². The molecule has 1 heterocycles. The summed E-state index contributed by atoms with van der Waals surface area (Å²) in [7, 11) is 1.62. The highest BCUT2D eigenvalue weighted by atomic mass is 16.5. The molecule has 0 aliphatic rings. The molecule has 0 aliphatic carbocycles. The van der Waals surface area contributed by atoms with Gasteiger partial charge in [-0.05, 0) is 20.8 Å². The molecule has 19 heavy (non-hydrogen) atoms. The highest BCUT2D eigenvalue weighted by molar-refractivity contribution is 5.81. The van der Waals surface area contributed by atoms with Gasteiger partial charge in [-0.2, -0.15) is 0 Å². The molecule has 0 saturated heterocycles. The average Bonchev–Trinajstić information content (AvgIpc) is 2.27. The Balaban J connectivity index is 2.81. The number of carbonyl (C=O) groups is 1. The molecule has 0 saturated carbocycles. The van der Waals surface area contributed by atoms with Gasteiger partial charge < -0.3 is 20.5 Å². The smallest absolute Gasteiger partial charge is 0.328 e. The topological polar surface area (TPSA) is 96.4 Å². The lowest BCUT2D eigenvalue weighted by molar-refractivity contribution is -0.141. The summed E-state index contributed by atoms with van der Waals surface area (Å²) in [4.78, 5) is 19.5. The number of nitrogens with zero attached hydrogens (tertiary/aromatic N) is 2. The molecule has 7 nitrogen and oxygen atoms in total. The third-order valence-corrected chi connectivity index (χ3v) is 2.43. The van der Waals surface area contributed by atoms with Gasteiger partial charge in [0.25, 0.3) is 0 Å². The minimum absolute atomic E-state index is 0.472. The van der Waals surface area contributed by atoms with Crippen molar-refractivity contribution in [3.63, 3.8) is 0 Å². The zero-order valence-electron chi connectivity index (χ0n) is 11.6. The lowest BCUT2D eigenvalue weighted by Gasteiger charge is -2.22. The molecule has 0 radical (unpaired) electrons. The summed E-state index contributed by atoms with van der Waals surface area (Å²) in [5.74, 6) is 0.719. The number of methoxy groups -OCH3 is 1. The minimum atomic E-state index is -1.09. The van der Waals surface area contributed by atoms with Crippen molar-refractivity contribution in [2.45, 2.75) is 26.3 Å². The number of hydrogen-bond acceptors (Lipinski definition) is 6. The first-order chi connectivity index (χ1) is 8.85. The van der Waals surface area contributed by atoms with Crippen LogP contribution in [0.25, 0.3) is 0 Å². The maximum absolute atomic E-state index is 11.1. The fraction of sp³-hybridized carbons (Fsp3) is 0.583. The predicted molar refractivity (Wildman–Crippen MR) is 72.5 cm³/mol. The monoisotopic (exact) mass is 268 g/mol. The van der Waals surface area contributed by atoms with Gasteiger partial charge in [-0.3, -0.25) is 0 Å². The quantitative estimate of drug-likeness (QED) is 0.637. The second kappa shape index (κ2) is 6.33. The van der Waals surface area contributed by atoms with E-state index in [4.69, 9.17) is 9.84 Å². The van der Waals surface area contributed by atoms with E-state index in [0.29, 0.717) is 30.6 Å². The molecule has 1 aromatic heterocycles. The first-order valence-electron chi connectivity index (χ1n) is 5.95. The lowest BCUT2D eigenvalue weighted by atomic mass is 10.1. The van der Waals surface area contributed by atoms with Crippen molar-refractivity contribution in [2.75, 3.05) is 30.9 Å². The summed E-state index contributed by atoms with van der Waals surface area (Å²) >= 11 is 0. The summed E-state index contributed by atoms with van der Waals surface area (Å²) in [5.41, 5.74) is -1.09. The van der Waals surface area contributed by atoms with Gasteiger partial charge in [0, 0.05) is 19.7 Å². The minimum Gasteiger partial charge on any atom is -0.480 e. The van der Waals surface area contributed by atoms with Crippen LogP contribution < -0.4 is 10.6 Å². The van der Waals surface area contributed by atoms with Crippen LogP contribution in [0.4, 0.5) is 11.6 Å². The van der Waals surface area contributed by atoms with Gasteiger partial charge in [0.15, 0.2) is 0 Å². The van der Waals surface area contributed by atoms with Crippen molar-refractivity contribution in [1.82, 2.24) is 9.97 Å². The van der Waals surface area contributed by atoms with Crippen molar-refractivity contribution in [3.8, 4) is 0 Å². The van der Waals surface area contributed by atoms with E-state index in [1.165, 1.54) is 0 Å². The van der Waals surface area contributed by atoms with Crippen LogP contribution in [0.15, 0.2) is 6.07 Å². The van der Waals surface area contributed by atoms with Crippen LogP contribution in [-0.2, 0) is 9.53 Å². The fourth-order valence-corrected chi connectivity index (χ4v) is 1.38. The first-order valence-corrected chi connectivity index (χ1v) is 5.95. The zero-order valence-corrected chi connectivity index (χ0v) is 11.6. The SMILES string of the molecule is COCCNc1cc(NC(C)(C)C(=O)O)nc(C)n1. The zero-order chi connectivity index (χ0) is 14.5. The van der Waals surface area contributed by atoms with Crippen molar-refractivity contribution in [1.29, 1.82) is 0 Å². The Bertz CT molecular complexity index is 449. The van der Waals surface area contributed by atoms with E-state index in [9.17, 15) is 4.79 Å². The largest absolute Gasteiger partial charge is 0.480 e. The van der Waals surface area contributed by atoms with Crippen LogP contribution in [-0.4, -0.2) is 46.8 Å². The van der Waals surface area contributed by atoms with Crippen LogP contribution in [0, 0.1) is 6.92 Å². The third-order valence-electron chi connectivity index (χ3n) is 2.43. The Hall–Kier alpha value is -1.89. The van der Waals surface area contributed by atoms with Crippen molar-refractivity contribution in [2.24, 2.45) is 0 Å². The van der Waals surface area contributed by atoms with Gasteiger partial charge in [0.1, 0.15) is 23.0 Å². The van der Waals surface area contributed by atoms with E-state index in [-0.39, 0.29) is 0 Å². The molecule has 0 atom stereocenters. The van der Waals surface area contributed by atoms with E-state index in [1.807, 2.05) is 0 Å². The molecule has 0 aromatic carbocycles. The second-order valence-corrected chi connectivity index (χ2v) is 4.66. The van der Waals surface area contributed by atoms with Gasteiger partial charge >= 0.3 is 5.97 Å². The summed E-state index contributed by atoms with van der Waals surface area (Å²) in [5, 5.41) is 15.0. The Labute approximate surface area is 112 Å². The van der Waals surface area contributed by atoms with Crippen LogP contribution in [0.1, 0.15) is 19.7 Å². The summed E-state index contributed by atoms with van der Waals surface area (Å²) < 4.78 is 4.94. The molecule has 0 amide bonds. The maximum Gasteiger partial charge on any atom is 0.328 e. The highest BCUT2D eigenvalue weighted by Crippen LogP contribution is 2.16. The van der Waals surface area contributed by atoms with Crippen molar-refractivity contribution < 1.29 is 14.6 Å². The van der Waals surface area contributed by atoms with Gasteiger partial charge in [-0.1, -0.05) is 0 Å². The van der Waals surface area contributed by atoms with Gasteiger partial charge in [0.2, 0.25) is 0 Å². The Morgan fingerprint density at radius 2 is 2.05 bits per heavy atom. The van der Waals surface area contributed by atoms with Gasteiger partial charge in [0.05, 0.1) is 6.61 Å². The molecular weight excluding hydrogens is 248 g/mol. The summed E-state index contributed by atoms with van der Waals surface area (Å²) in [6, 6.07) is 1.67. The third kappa shape index (κ3) is 4.70. The average molecular weight is 268 g/mol. The number of aliphatic carboxylic acids is 1. The fourth-order valence-electron chi connectivity index (χ4n) is 1.38. The number of ether oxygens (including phenoxy) is 1. The van der Waals surface area contributed by atoms with E-state index in [1.54, 1.807) is 33.9 Å².